The maximum absolute atomic E-state index is 5.94. The van der Waals surface area contributed by atoms with Crippen molar-refractivity contribution >= 4 is 16.5 Å². The minimum Gasteiger partial charge on any atom is -0.435 e. The number of hydrogen-bond donors (Lipinski definition) is 1. The van der Waals surface area contributed by atoms with Crippen LogP contribution in [0.25, 0.3) is 10.8 Å². The number of nitrogens with two attached hydrogens (primary N) is 1. The van der Waals surface area contributed by atoms with Gasteiger partial charge in [0.1, 0.15) is 0 Å². The molecule has 0 aliphatic carbocycles. The van der Waals surface area contributed by atoms with Crippen molar-refractivity contribution in [3.05, 3.63) is 54.2 Å². The number of rotatable bonds is 2. The second kappa shape index (κ2) is 4.57. The molecular weight excluding hydrogens is 238 g/mol. The molecule has 0 saturated carbocycles. The fourth-order valence-corrected chi connectivity index (χ4v) is 1.94. The number of fused-ring (bicyclic) bond motifs is 1. The standard InChI is InChI=1S/C15H13N3O/c1-10-6-7-14(13(16)8-10)19-15-12-5-3-2-4-11(12)9-17-18-15/h2-9H,16H2,1H3. The van der Waals surface area contributed by atoms with Gasteiger partial charge in [-0.05, 0) is 30.7 Å². The molecule has 1 heterocycles. The molecule has 0 bridgehead atoms. The van der Waals surface area contributed by atoms with Crippen LogP contribution in [0.15, 0.2) is 48.7 Å². The fourth-order valence-electron chi connectivity index (χ4n) is 1.94. The summed E-state index contributed by atoms with van der Waals surface area (Å²) in [6, 6.07) is 13.5. The van der Waals surface area contributed by atoms with Crippen molar-refractivity contribution in [1.82, 2.24) is 10.2 Å². The van der Waals surface area contributed by atoms with Gasteiger partial charge in [-0.1, -0.05) is 24.3 Å². The van der Waals surface area contributed by atoms with Crippen molar-refractivity contribution in [3.8, 4) is 11.6 Å². The van der Waals surface area contributed by atoms with E-state index in [1.165, 1.54) is 0 Å². The lowest BCUT2D eigenvalue weighted by molar-refractivity contribution is 0.464. The van der Waals surface area contributed by atoms with Crippen molar-refractivity contribution in [3.63, 3.8) is 0 Å². The Labute approximate surface area is 110 Å². The number of aryl methyl sites for hydroxylation is 1. The highest BCUT2D eigenvalue weighted by Crippen LogP contribution is 2.30. The molecular formula is C15H13N3O. The quantitative estimate of drug-likeness (QED) is 0.710. The molecule has 3 aromatic rings. The van der Waals surface area contributed by atoms with Gasteiger partial charge in [0, 0.05) is 10.8 Å². The van der Waals surface area contributed by atoms with Crippen LogP contribution in [0, 0.1) is 6.92 Å². The maximum Gasteiger partial charge on any atom is 0.246 e. The molecule has 19 heavy (non-hydrogen) atoms. The molecule has 0 saturated heterocycles. The third-order valence-electron chi connectivity index (χ3n) is 2.91. The number of anilines is 1. The molecule has 2 N–H and O–H groups in total. The second-order valence-corrected chi connectivity index (χ2v) is 4.38. The summed E-state index contributed by atoms with van der Waals surface area (Å²) in [6.07, 6.45) is 1.71. The Balaban J connectivity index is 2.06. The Hall–Kier alpha value is -2.62. The van der Waals surface area contributed by atoms with E-state index in [2.05, 4.69) is 10.2 Å². The molecule has 3 rings (SSSR count). The Morgan fingerprint density at radius 1 is 1.11 bits per heavy atom. The van der Waals surface area contributed by atoms with Gasteiger partial charge < -0.3 is 10.5 Å². The Morgan fingerprint density at radius 3 is 2.79 bits per heavy atom. The lowest BCUT2D eigenvalue weighted by Crippen LogP contribution is -1.96. The Morgan fingerprint density at radius 2 is 1.95 bits per heavy atom. The second-order valence-electron chi connectivity index (χ2n) is 4.38. The van der Waals surface area contributed by atoms with E-state index in [0.29, 0.717) is 17.3 Å². The molecule has 0 amide bonds. The summed E-state index contributed by atoms with van der Waals surface area (Å²) in [5.41, 5.74) is 7.62. The van der Waals surface area contributed by atoms with Crippen molar-refractivity contribution in [2.24, 2.45) is 0 Å². The lowest BCUT2D eigenvalue weighted by atomic mass is 10.2. The first-order valence-electron chi connectivity index (χ1n) is 5.98. The minimum atomic E-state index is 0.466. The summed E-state index contributed by atoms with van der Waals surface area (Å²) in [7, 11) is 0. The van der Waals surface area contributed by atoms with E-state index in [1.807, 2.05) is 49.4 Å². The van der Waals surface area contributed by atoms with Crippen LogP contribution < -0.4 is 10.5 Å². The highest BCUT2D eigenvalue weighted by molar-refractivity contribution is 5.86. The number of ether oxygens (including phenoxy) is 1. The molecule has 0 aliphatic rings. The average molecular weight is 251 g/mol. The van der Waals surface area contributed by atoms with Gasteiger partial charge in [0.15, 0.2) is 5.75 Å². The molecule has 0 unspecified atom stereocenters. The zero-order chi connectivity index (χ0) is 13.2. The van der Waals surface area contributed by atoms with Crippen molar-refractivity contribution in [2.45, 2.75) is 6.92 Å². The molecule has 4 heteroatoms. The predicted octanol–water partition coefficient (Wildman–Crippen LogP) is 3.31. The first-order valence-corrected chi connectivity index (χ1v) is 5.98. The van der Waals surface area contributed by atoms with Crippen LogP contribution in [0.2, 0.25) is 0 Å². The van der Waals surface area contributed by atoms with Gasteiger partial charge in [-0.25, -0.2) is 0 Å². The van der Waals surface area contributed by atoms with Crippen LogP contribution in [0.1, 0.15) is 5.56 Å². The van der Waals surface area contributed by atoms with Crippen LogP contribution in [0.5, 0.6) is 11.6 Å². The summed E-state index contributed by atoms with van der Waals surface area (Å²) in [5.74, 6) is 1.06. The fraction of sp³-hybridized carbons (Fsp3) is 0.0667. The summed E-state index contributed by atoms with van der Waals surface area (Å²) in [5, 5.41) is 9.88. The highest BCUT2D eigenvalue weighted by Gasteiger charge is 2.07. The smallest absolute Gasteiger partial charge is 0.246 e. The summed E-state index contributed by atoms with van der Waals surface area (Å²) in [4.78, 5) is 0. The largest absolute Gasteiger partial charge is 0.435 e. The van der Waals surface area contributed by atoms with Crippen LogP contribution in [-0.2, 0) is 0 Å². The molecule has 1 aromatic heterocycles. The van der Waals surface area contributed by atoms with E-state index >= 15 is 0 Å². The molecule has 94 valence electrons. The molecule has 0 aliphatic heterocycles. The molecule has 2 aromatic carbocycles. The zero-order valence-electron chi connectivity index (χ0n) is 10.5. The first-order chi connectivity index (χ1) is 9.24. The Kier molecular flexibility index (Phi) is 2.76. The molecule has 0 radical (unpaired) electrons. The third-order valence-corrected chi connectivity index (χ3v) is 2.91. The number of aromatic nitrogens is 2. The molecule has 0 fully saturated rings. The van der Waals surface area contributed by atoms with Crippen molar-refractivity contribution in [1.29, 1.82) is 0 Å². The topological polar surface area (TPSA) is 61.0 Å². The number of nitrogen functional groups attached to an aromatic ring is 1. The normalized spacial score (nSPS) is 10.6. The number of nitrogens with zero attached hydrogens (tertiary/aromatic N) is 2. The van der Waals surface area contributed by atoms with E-state index in [9.17, 15) is 0 Å². The van der Waals surface area contributed by atoms with Gasteiger partial charge in [-0.3, -0.25) is 0 Å². The average Bonchev–Trinajstić information content (AvgIpc) is 2.42. The van der Waals surface area contributed by atoms with Crippen molar-refractivity contribution < 1.29 is 4.74 Å². The zero-order valence-corrected chi connectivity index (χ0v) is 10.5. The number of benzene rings is 2. The van der Waals surface area contributed by atoms with E-state index in [0.717, 1.165) is 16.3 Å². The monoisotopic (exact) mass is 251 g/mol. The SMILES string of the molecule is Cc1ccc(Oc2nncc3ccccc23)c(N)c1. The lowest BCUT2D eigenvalue weighted by Gasteiger charge is -2.09. The highest BCUT2D eigenvalue weighted by atomic mass is 16.5. The molecule has 0 atom stereocenters. The van der Waals surface area contributed by atoms with Gasteiger partial charge in [0.05, 0.1) is 11.9 Å². The van der Waals surface area contributed by atoms with E-state index in [1.54, 1.807) is 6.20 Å². The molecule has 4 nitrogen and oxygen atoms in total. The third kappa shape index (κ3) is 2.20. The van der Waals surface area contributed by atoms with Gasteiger partial charge in [-0.2, -0.15) is 5.10 Å². The van der Waals surface area contributed by atoms with E-state index in [-0.39, 0.29) is 0 Å². The van der Waals surface area contributed by atoms with Crippen molar-refractivity contribution in [2.75, 3.05) is 5.73 Å². The predicted molar refractivity (Wildman–Crippen MR) is 75.2 cm³/mol. The van der Waals surface area contributed by atoms with Gasteiger partial charge >= 0.3 is 0 Å². The van der Waals surface area contributed by atoms with Crippen LogP contribution in [0.3, 0.4) is 0 Å². The van der Waals surface area contributed by atoms with Crippen LogP contribution in [0.4, 0.5) is 5.69 Å². The first kappa shape index (κ1) is 11.5. The van der Waals surface area contributed by atoms with Gasteiger partial charge in [0.25, 0.3) is 0 Å². The van der Waals surface area contributed by atoms with Crippen LogP contribution >= 0.6 is 0 Å². The van der Waals surface area contributed by atoms with Crippen LogP contribution in [-0.4, -0.2) is 10.2 Å². The van der Waals surface area contributed by atoms with Gasteiger partial charge in [-0.15, -0.1) is 5.10 Å². The van der Waals surface area contributed by atoms with E-state index < -0.39 is 0 Å². The maximum atomic E-state index is 5.94. The summed E-state index contributed by atoms with van der Waals surface area (Å²) >= 11 is 0. The number of hydrogen-bond acceptors (Lipinski definition) is 4. The Bertz CT molecular complexity index is 735. The summed E-state index contributed by atoms with van der Waals surface area (Å²) < 4.78 is 5.78. The minimum absolute atomic E-state index is 0.466. The summed E-state index contributed by atoms with van der Waals surface area (Å²) in [6.45, 7) is 1.98. The van der Waals surface area contributed by atoms with Gasteiger partial charge in [0.2, 0.25) is 5.88 Å². The molecule has 0 spiro atoms. The van der Waals surface area contributed by atoms with E-state index in [4.69, 9.17) is 10.5 Å².